The molecule has 4 saturated carbocycles. The van der Waals surface area contributed by atoms with Crippen LogP contribution >= 0.6 is 11.3 Å². The van der Waals surface area contributed by atoms with Crippen molar-refractivity contribution in [2.75, 3.05) is 0 Å². The van der Waals surface area contributed by atoms with Gasteiger partial charge in [0.2, 0.25) is 5.95 Å². The van der Waals surface area contributed by atoms with E-state index in [0.29, 0.717) is 11.8 Å². The van der Waals surface area contributed by atoms with Gasteiger partial charge in [0, 0.05) is 37.2 Å². The Morgan fingerprint density at radius 1 is 0.517 bits per heavy atom. The van der Waals surface area contributed by atoms with Crippen molar-refractivity contribution < 1.29 is 0 Å². The van der Waals surface area contributed by atoms with Crippen molar-refractivity contribution in [3.63, 3.8) is 0 Å². The van der Waals surface area contributed by atoms with Crippen molar-refractivity contribution in [2.45, 2.75) is 37.5 Å². The van der Waals surface area contributed by atoms with Gasteiger partial charge in [0.15, 0.2) is 0 Å². The van der Waals surface area contributed by atoms with Gasteiger partial charge in [-0.25, -0.2) is 9.97 Å². The van der Waals surface area contributed by atoms with Crippen molar-refractivity contribution in [3.05, 3.63) is 163 Å². The zero-order valence-corrected chi connectivity index (χ0v) is 32.8. The number of aromatic nitrogens is 3. The molecule has 4 bridgehead atoms. The second kappa shape index (κ2) is 11.5. The molecule has 3 heterocycles. The van der Waals surface area contributed by atoms with E-state index in [9.17, 15) is 0 Å². The van der Waals surface area contributed by atoms with Gasteiger partial charge in [0.25, 0.3) is 0 Å². The Kier molecular flexibility index (Phi) is 6.34. The second-order valence-corrected chi connectivity index (χ2v) is 18.8. The fourth-order valence-corrected chi connectivity index (χ4v) is 14.1. The summed E-state index contributed by atoms with van der Waals surface area (Å²) < 4.78 is 3.63. The number of hydrogen-bond acceptors (Lipinski definition) is 3. The van der Waals surface area contributed by atoms with Gasteiger partial charge in [-0.15, -0.1) is 11.3 Å². The fourth-order valence-electron chi connectivity index (χ4n) is 13.0. The van der Waals surface area contributed by atoms with Gasteiger partial charge in [-0.05, 0) is 124 Å². The summed E-state index contributed by atoms with van der Waals surface area (Å²) in [6, 6.07) is 56.5. The summed E-state index contributed by atoms with van der Waals surface area (Å²) in [5.74, 6) is 3.98. The van der Waals surface area contributed by atoms with E-state index >= 15 is 0 Å². The molecular formula is C54H39N3S. The van der Waals surface area contributed by atoms with Crippen LogP contribution in [0.1, 0.15) is 43.2 Å². The standard InChI is InChI=1S/C54H39N3S/c1-2-10-33(11-3-1)34-18-20-35(21-19-34)51-50-41-15-7-9-17-47(41)58-52(50)56-53(55-51)57-45-23-22-44-48(49(45)42-29-36-12-4-5-13-37(36)30-46(42)57)40-14-6-8-16-43(40)54(44)38-25-31-24-32(27-38)28-39(54)26-31/h1-23,29-32,38-39H,24-28H2. The first-order valence-corrected chi connectivity index (χ1v) is 22.0. The molecule has 0 aliphatic heterocycles. The lowest BCUT2D eigenvalue weighted by Crippen LogP contribution is -2.55. The summed E-state index contributed by atoms with van der Waals surface area (Å²) >= 11 is 1.77. The van der Waals surface area contributed by atoms with Gasteiger partial charge in [0.1, 0.15) is 4.83 Å². The lowest BCUT2D eigenvalue weighted by molar-refractivity contribution is -0.0399. The summed E-state index contributed by atoms with van der Waals surface area (Å²) in [7, 11) is 0. The molecule has 5 aliphatic carbocycles. The van der Waals surface area contributed by atoms with Crippen molar-refractivity contribution in [3.8, 4) is 39.5 Å². The SMILES string of the molecule is c1ccc(-c2ccc(-c3nc(-n4c5cc6ccccc6cc5c5c6c(ccc54)C4(c5ccccc5-6)C5CC6CC(C5)CC4C6)nc4sc5ccccc5c34)cc2)cc1. The van der Waals surface area contributed by atoms with E-state index in [1.807, 2.05) is 0 Å². The monoisotopic (exact) mass is 761 g/mol. The number of nitrogens with zero attached hydrogens (tertiary/aromatic N) is 3. The topological polar surface area (TPSA) is 30.7 Å². The van der Waals surface area contributed by atoms with Crippen LogP contribution in [-0.4, -0.2) is 14.5 Å². The highest BCUT2D eigenvalue weighted by Gasteiger charge is 2.61. The molecular weight excluding hydrogens is 723 g/mol. The highest BCUT2D eigenvalue weighted by atomic mass is 32.1. The van der Waals surface area contributed by atoms with Crippen LogP contribution in [0.4, 0.5) is 0 Å². The number of hydrogen-bond donors (Lipinski definition) is 0. The predicted octanol–water partition coefficient (Wildman–Crippen LogP) is 14.2. The first-order valence-electron chi connectivity index (χ1n) is 21.2. The Morgan fingerprint density at radius 2 is 1.19 bits per heavy atom. The van der Waals surface area contributed by atoms with Crippen LogP contribution in [0, 0.1) is 23.7 Å². The molecule has 4 fully saturated rings. The second-order valence-electron chi connectivity index (χ2n) is 17.7. The lowest BCUT2D eigenvalue weighted by atomic mass is 9.43. The minimum absolute atomic E-state index is 0.102. The molecule has 0 unspecified atom stereocenters. The summed E-state index contributed by atoms with van der Waals surface area (Å²) in [6.45, 7) is 0. The summed E-state index contributed by atoms with van der Waals surface area (Å²) in [5.41, 5.74) is 13.0. The van der Waals surface area contributed by atoms with Crippen LogP contribution in [0.15, 0.2) is 152 Å². The van der Waals surface area contributed by atoms with Crippen molar-refractivity contribution in [2.24, 2.45) is 23.7 Å². The van der Waals surface area contributed by atoms with Gasteiger partial charge in [-0.1, -0.05) is 127 Å². The molecule has 7 aromatic carbocycles. The molecule has 276 valence electrons. The molecule has 0 atom stereocenters. The third-order valence-corrected chi connectivity index (χ3v) is 16.1. The fraction of sp³-hybridized carbons (Fsp3) is 0.185. The minimum Gasteiger partial charge on any atom is -0.278 e. The molecule has 10 aromatic rings. The molecule has 5 aliphatic rings. The van der Waals surface area contributed by atoms with Crippen molar-refractivity contribution in [1.82, 2.24) is 14.5 Å². The molecule has 1 spiro atoms. The molecule has 3 aromatic heterocycles. The third-order valence-electron chi connectivity index (χ3n) is 15.0. The van der Waals surface area contributed by atoms with E-state index in [2.05, 4.69) is 156 Å². The third kappa shape index (κ3) is 4.13. The van der Waals surface area contributed by atoms with Gasteiger partial charge in [-0.2, -0.15) is 0 Å². The van der Waals surface area contributed by atoms with Crippen molar-refractivity contribution >= 4 is 64.2 Å². The smallest absolute Gasteiger partial charge is 0.236 e. The molecule has 15 rings (SSSR count). The highest BCUT2D eigenvalue weighted by Crippen LogP contribution is 2.70. The summed E-state index contributed by atoms with van der Waals surface area (Å²) in [4.78, 5) is 12.2. The van der Waals surface area contributed by atoms with E-state index < -0.39 is 0 Å². The molecule has 0 amide bonds. The Morgan fingerprint density at radius 3 is 2.00 bits per heavy atom. The molecule has 58 heavy (non-hydrogen) atoms. The van der Waals surface area contributed by atoms with Gasteiger partial charge in [0.05, 0.1) is 16.7 Å². The van der Waals surface area contributed by atoms with E-state index in [1.54, 1.807) is 22.5 Å². The maximum Gasteiger partial charge on any atom is 0.236 e. The molecule has 0 radical (unpaired) electrons. The molecule has 3 nitrogen and oxygen atoms in total. The Labute approximate surface area is 340 Å². The first-order chi connectivity index (χ1) is 28.7. The average molecular weight is 762 g/mol. The van der Waals surface area contributed by atoms with Crippen LogP contribution in [-0.2, 0) is 5.41 Å². The number of thiophene rings is 1. The maximum atomic E-state index is 5.66. The van der Waals surface area contributed by atoms with Crippen molar-refractivity contribution in [1.29, 1.82) is 0 Å². The van der Waals surface area contributed by atoms with Gasteiger partial charge < -0.3 is 0 Å². The first kappa shape index (κ1) is 31.9. The van der Waals surface area contributed by atoms with Crippen LogP contribution in [0.3, 0.4) is 0 Å². The largest absolute Gasteiger partial charge is 0.278 e. The van der Waals surface area contributed by atoms with E-state index in [4.69, 9.17) is 9.97 Å². The van der Waals surface area contributed by atoms with Crippen LogP contribution in [0.25, 0.3) is 92.3 Å². The van der Waals surface area contributed by atoms with E-state index in [-0.39, 0.29) is 5.41 Å². The number of fused-ring (bicyclic) bond motifs is 11. The normalized spacial score (nSPS) is 22.9. The van der Waals surface area contributed by atoms with Gasteiger partial charge in [-0.3, -0.25) is 4.57 Å². The minimum atomic E-state index is 0.102. The Balaban J connectivity index is 1.07. The van der Waals surface area contributed by atoms with Crippen LogP contribution < -0.4 is 0 Å². The molecule has 0 N–H and O–H groups in total. The molecule has 4 heteroatoms. The van der Waals surface area contributed by atoms with E-state index in [0.717, 1.165) is 44.8 Å². The lowest BCUT2D eigenvalue weighted by Gasteiger charge is -2.61. The van der Waals surface area contributed by atoms with Crippen LogP contribution in [0.2, 0.25) is 0 Å². The highest BCUT2D eigenvalue weighted by molar-refractivity contribution is 7.25. The number of rotatable bonds is 3. The Bertz CT molecular complexity index is 3320. The van der Waals surface area contributed by atoms with Gasteiger partial charge >= 0.3 is 0 Å². The predicted molar refractivity (Wildman–Crippen MR) is 241 cm³/mol. The molecule has 0 saturated heterocycles. The van der Waals surface area contributed by atoms with E-state index in [1.165, 1.54) is 91.5 Å². The summed E-state index contributed by atoms with van der Waals surface area (Å²) in [5, 5.41) is 7.47. The Hall–Kier alpha value is -6.10. The number of benzene rings is 7. The zero-order valence-electron chi connectivity index (χ0n) is 32.0. The van der Waals surface area contributed by atoms with Crippen LogP contribution in [0.5, 0.6) is 0 Å². The average Bonchev–Trinajstić information content (AvgIpc) is 3.90. The quantitative estimate of drug-likeness (QED) is 0.179. The maximum absolute atomic E-state index is 5.66. The summed E-state index contributed by atoms with van der Waals surface area (Å²) in [6.07, 6.45) is 6.97. The zero-order chi connectivity index (χ0) is 37.7.